The molecule has 0 N–H and O–H groups in total. The molecular weight excluding hydrogens is 212 g/mol. The minimum absolute atomic E-state index is 0.415. The number of hydrogen-bond donors (Lipinski definition) is 0. The smallest absolute Gasteiger partial charge is 0.213 e. The van der Waals surface area contributed by atoms with E-state index in [0.29, 0.717) is 6.10 Å². The van der Waals surface area contributed by atoms with E-state index in [4.69, 9.17) is 4.74 Å². The molecule has 0 spiro atoms. The molecule has 3 heteroatoms. The van der Waals surface area contributed by atoms with E-state index < -0.39 is 0 Å². The maximum absolute atomic E-state index is 6.15. The van der Waals surface area contributed by atoms with Crippen LogP contribution in [0.25, 0.3) is 0 Å². The van der Waals surface area contributed by atoms with Crippen molar-refractivity contribution in [3.63, 3.8) is 0 Å². The molecule has 2 atom stereocenters. The maximum atomic E-state index is 6.15. The van der Waals surface area contributed by atoms with Gasteiger partial charge in [-0.3, -0.25) is 0 Å². The number of rotatable bonds is 2. The summed E-state index contributed by atoms with van der Waals surface area (Å²) in [4.78, 5) is 6.92. The minimum Gasteiger partial charge on any atom is -0.474 e. The summed E-state index contributed by atoms with van der Waals surface area (Å²) in [5, 5.41) is 0. The van der Waals surface area contributed by atoms with Gasteiger partial charge >= 0.3 is 0 Å². The molecule has 1 aliphatic carbocycles. The Morgan fingerprint density at radius 3 is 2.59 bits per heavy atom. The number of aromatic nitrogens is 1. The molecular formula is C14H18N2O. The van der Waals surface area contributed by atoms with Gasteiger partial charge in [0, 0.05) is 43.7 Å². The lowest BCUT2D eigenvalue weighted by atomic mass is 9.66. The normalized spacial score (nSPS) is 42.7. The highest BCUT2D eigenvalue weighted by Gasteiger charge is 2.48. The van der Waals surface area contributed by atoms with E-state index >= 15 is 0 Å². The largest absolute Gasteiger partial charge is 0.474 e. The van der Waals surface area contributed by atoms with Crippen molar-refractivity contribution in [3.8, 4) is 5.88 Å². The lowest BCUT2D eigenvalue weighted by Crippen LogP contribution is -2.61. The van der Waals surface area contributed by atoms with Gasteiger partial charge in [0.05, 0.1) is 0 Å². The third-order valence-corrected chi connectivity index (χ3v) is 4.60. The highest BCUT2D eigenvalue weighted by atomic mass is 16.5. The molecule has 0 radical (unpaired) electrons. The Balaban J connectivity index is 1.55. The fourth-order valence-corrected chi connectivity index (χ4v) is 4.11. The predicted molar refractivity (Wildman–Crippen MR) is 64.8 cm³/mol. The van der Waals surface area contributed by atoms with Crippen molar-refractivity contribution in [1.82, 2.24) is 9.88 Å². The second-order valence-corrected chi connectivity index (χ2v) is 5.83. The first-order valence-corrected chi connectivity index (χ1v) is 6.68. The van der Waals surface area contributed by atoms with Crippen LogP contribution in [0, 0.1) is 17.8 Å². The molecule has 3 nitrogen and oxygen atoms in total. The van der Waals surface area contributed by atoms with Crippen LogP contribution in [0.5, 0.6) is 5.88 Å². The number of piperidine rings is 3. The molecule has 4 fully saturated rings. The molecule has 4 bridgehead atoms. The van der Waals surface area contributed by atoms with Crippen LogP contribution in [0.15, 0.2) is 24.4 Å². The fraction of sp³-hybridized carbons (Fsp3) is 0.643. The van der Waals surface area contributed by atoms with Gasteiger partial charge in [-0.05, 0) is 24.8 Å². The van der Waals surface area contributed by atoms with E-state index in [-0.39, 0.29) is 0 Å². The Kier molecular flexibility index (Phi) is 2.15. The zero-order valence-electron chi connectivity index (χ0n) is 9.96. The first kappa shape index (κ1) is 9.89. The van der Waals surface area contributed by atoms with Crippen molar-refractivity contribution in [2.45, 2.75) is 18.9 Å². The van der Waals surface area contributed by atoms with Crippen molar-refractivity contribution < 1.29 is 4.74 Å². The standard InChI is InChI=1S/C14H18N2O/c1-2-4-15-13(3-1)17-14-11-5-10-6-12(14)9-16(7-10)8-11/h1-4,10-12,14H,5-9H2. The van der Waals surface area contributed by atoms with E-state index in [1.165, 1.54) is 32.5 Å². The molecule has 4 heterocycles. The highest BCUT2D eigenvalue weighted by Crippen LogP contribution is 2.44. The second kappa shape index (κ2) is 3.70. The van der Waals surface area contributed by atoms with E-state index in [2.05, 4.69) is 9.88 Å². The molecule has 0 aromatic carbocycles. The average molecular weight is 230 g/mol. The van der Waals surface area contributed by atoms with Gasteiger partial charge in [-0.2, -0.15) is 0 Å². The summed E-state index contributed by atoms with van der Waals surface area (Å²) in [6.45, 7) is 3.82. The molecule has 90 valence electrons. The van der Waals surface area contributed by atoms with Crippen LogP contribution in [-0.4, -0.2) is 35.6 Å². The Hall–Kier alpha value is -1.09. The number of ether oxygens (including phenoxy) is 1. The third kappa shape index (κ3) is 1.64. The Bertz CT molecular complexity index is 378. The summed E-state index contributed by atoms with van der Waals surface area (Å²) in [5.41, 5.74) is 0. The van der Waals surface area contributed by atoms with Gasteiger partial charge in [0.25, 0.3) is 0 Å². The van der Waals surface area contributed by atoms with Crippen molar-refractivity contribution in [2.75, 3.05) is 19.6 Å². The van der Waals surface area contributed by atoms with Gasteiger partial charge in [0.2, 0.25) is 5.88 Å². The molecule has 0 amide bonds. The summed E-state index contributed by atoms with van der Waals surface area (Å²) in [6.07, 6.45) is 4.96. The molecule has 4 aliphatic rings. The second-order valence-electron chi connectivity index (χ2n) is 5.83. The van der Waals surface area contributed by atoms with E-state index in [9.17, 15) is 0 Å². The van der Waals surface area contributed by atoms with Gasteiger partial charge in [-0.1, -0.05) is 6.07 Å². The van der Waals surface area contributed by atoms with Crippen LogP contribution < -0.4 is 4.74 Å². The van der Waals surface area contributed by atoms with Crippen LogP contribution in [0.4, 0.5) is 0 Å². The molecule has 3 aliphatic heterocycles. The lowest BCUT2D eigenvalue weighted by Gasteiger charge is -2.55. The summed E-state index contributed by atoms with van der Waals surface area (Å²) in [7, 11) is 0. The maximum Gasteiger partial charge on any atom is 0.213 e. The van der Waals surface area contributed by atoms with Crippen LogP contribution in [0.2, 0.25) is 0 Å². The van der Waals surface area contributed by atoms with Crippen molar-refractivity contribution in [1.29, 1.82) is 0 Å². The van der Waals surface area contributed by atoms with Crippen LogP contribution in [-0.2, 0) is 0 Å². The average Bonchev–Trinajstić information content (AvgIpc) is 2.34. The number of hydrogen-bond acceptors (Lipinski definition) is 3. The van der Waals surface area contributed by atoms with Gasteiger partial charge in [0.1, 0.15) is 6.10 Å². The Morgan fingerprint density at radius 2 is 1.94 bits per heavy atom. The molecule has 17 heavy (non-hydrogen) atoms. The number of pyridine rings is 1. The highest BCUT2D eigenvalue weighted by molar-refractivity contribution is 5.11. The van der Waals surface area contributed by atoms with Crippen molar-refractivity contribution in [2.24, 2.45) is 17.8 Å². The zero-order chi connectivity index (χ0) is 11.2. The molecule has 1 saturated carbocycles. The number of nitrogens with zero attached hydrogens (tertiary/aromatic N) is 2. The predicted octanol–water partition coefficient (Wildman–Crippen LogP) is 1.80. The quantitative estimate of drug-likeness (QED) is 0.774. The van der Waals surface area contributed by atoms with Gasteiger partial charge in [-0.25, -0.2) is 4.98 Å². The summed E-state index contributed by atoms with van der Waals surface area (Å²) in [5.74, 6) is 3.22. The Labute approximate surface area is 102 Å². The van der Waals surface area contributed by atoms with Crippen LogP contribution >= 0.6 is 0 Å². The summed E-state index contributed by atoms with van der Waals surface area (Å²) >= 11 is 0. The zero-order valence-corrected chi connectivity index (χ0v) is 9.96. The van der Waals surface area contributed by atoms with Crippen LogP contribution in [0.1, 0.15) is 12.8 Å². The molecule has 3 saturated heterocycles. The van der Waals surface area contributed by atoms with Crippen molar-refractivity contribution in [3.05, 3.63) is 24.4 Å². The third-order valence-electron chi connectivity index (χ3n) is 4.60. The van der Waals surface area contributed by atoms with Gasteiger partial charge in [0.15, 0.2) is 0 Å². The molecule has 1 aromatic rings. The van der Waals surface area contributed by atoms with Crippen molar-refractivity contribution >= 4 is 0 Å². The Morgan fingerprint density at radius 1 is 1.12 bits per heavy atom. The van der Waals surface area contributed by atoms with Crippen LogP contribution in [0.3, 0.4) is 0 Å². The lowest BCUT2D eigenvalue weighted by molar-refractivity contribution is -0.0997. The monoisotopic (exact) mass is 230 g/mol. The topological polar surface area (TPSA) is 25.4 Å². The minimum atomic E-state index is 0.415. The SMILES string of the molecule is c1ccc(OC2C3CC4CC2CN(C4)C3)nc1. The van der Waals surface area contributed by atoms with Gasteiger partial charge in [-0.15, -0.1) is 0 Å². The van der Waals surface area contributed by atoms with E-state index in [1.807, 2.05) is 24.4 Å². The fourth-order valence-electron chi connectivity index (χ4n) is 4.11. The van der Waals surface area contributed by atoms with E-state index in [1.54, 1.807) is 0 Å². The summed E-state index contributed by atoms with van der Waals surface area (Å²) < 4.78 is 6.15. The molecule has 1 aromatic heterocycles. The molecule has 2 unspecified atom stereocenters. The van der Waals surface area contributed by atoms with E-state index in [0.717, 1.165) is 23.6 Å². The summed E-state index contributed by atoms with van der Waals surface area (Å²) in [6, 6.07) is 5.92. The molecule has 5 rings (SSSR count). The van der Waals surface area contributed by atoms with Gasteiger partial charge < -0.3 is 9.64 Å². The first-order valence-electron chi connectivity index (χ1n) is 6.68. The first-order chi connectivity index (χ1) is 8.38.